The molecule has 2 aromatic heterocycles. The van der Waals surface area contributed by atoms with Crippen LogP contribution < -0.4 is 20.3 Å². The largest absolute Gasteiger partial charge is 0.493 e. The lowest BCUT2D eigenvalue weighted by Crippen LogP contribution is -2.35. The third-order valence-electron chi connectivity index (χ3n) is 4.94. The first kappa shape index (κ1) is 21.2. The molecule has 0 fully saturated rings. The van der Waals surface area contributed by atoms with E-state index in [1.807, 2.05) is 18.2 Å². The molecular weight excluding hydrogens is 384 g/mol. The Morgan fingerprint density at radius 3 is 2.63 bits per heavy atom. The molecule has 8 nitrogen and oxygen atoms in total. The van der Waals surface area contributed by atoms with Crippen molar-refractivity contribution in [1.82, 2.24) is 20.1 Å². The van der Waals surface area contributed by atoms with Crippen LogP contribution in [-0.4, -0.2) is 41.4 Å². The number of carbonyl (C=O) groups excluding carboxylic acids is 1. The molecule has 0 radical (unpaired) electrons. The van der Waals surface area contributed by atoms with Crippen LogP contribution in [0.3, 0.4) is 0 Å². The van der Waals surface area contributed by atoms with Gasteiger partial charge in [0.15, 0.2) is 11.5 Å². The van der Waals surface area contributed by atoms with E-state index in [-0.39, 0.29) is 17.0 Å². The minimum Gasteiger partial charge on any atom is -0.493 e. The summed E-state index contributed by atoms with van der Waals surface area (Å²) < 4.78 is 12.1. The predicted molar refractivity (Wildman–Crippen MR) is 113 cm³/mol. The minimum atomic E-state index is -0.360. The Labute approximate surface area is 174 Å². The average Bonchev–Trinajstić information content (AvgIpc) is 3.26. The summed E-state index contributed by atoms with van der Waals surface area (Å²) in [6.45, 7) is 2.65. The number of hydrogen-bond acceptors (Lipinski definition) is 5. The van der Waals surface area contributed by atoms with E-state index in [2.05, 4.69) is 15.5 Å². The summed E-state index contributed by atoms with van der Waals surface area (Å²) in [4.78, 5) is 25.5. The number of amides is 1. The second kappa shape index (κ2) is 9.78. The molecule has 2 heterocycles. The summed E-state index contributed by atoms with van der Waals surface area (Å²) in [5.74, 6) is 0.938. The highest BCUT2D eigenvalue weighted by atomic mass is 16.5. The molecule has 30 heavy (non-hydrogen) atoms. The minimum absolute atomic E-state index is 0.178. The lowest BCUT2D eigenvalue weighted by Gasteiger charge is -2.12. The van der Waals surface area contributed by atoms with Crippen LogP contribution in [0.5, 0.6) is 11.5 Å². The van der Waals surface area contributed by atoms with Gasteiger partial charge in [0.1, 0.15) is 5.56 Å². The Hall–Kier alpha value is -3.55. The second-order valence-corrected chi connectivity index (χ2v) is 6.92. The van der Waals surface area contributed by atoms with E-state index < -0.39 is 0 Å². The van der Waals surface area contributed by atoms with Crippen molar-refractivity contribution in [2.75, 3.05) is 20.8 Å². The zero-order valence-corrected chi connectivity index (χ0v) is 17.4. The fourth-order valence-corrected chi connectivity index (χ4v) is 3.23. The number of aromatic nitrogens is 3. The molecule has 0 spiro atoms. The van der Waals surface area contributed by atoms with Crippen molar-refractivity contribution in [1.29, 1.82) is 0 Å². The second-order valence-electron chi connectivity index (χ2n) is 6.92. The van der Waals surface area contributed by atoms with Crippen molar-refractivity contribution >= 4 is 5.91 Å². The Morgan fingerprint density at radius 1 is 1.13 bits per heavy atom. The smallest absolute Gasteiger partial charge is 0.263 e. The number of methoxy groups -OCH3 is 2. The van der Waals surface area contributed by atoms with Gasteiger partial charge in [-0.1, -0.05) is 6.07 Å². The number of aryl methyl sites for hydroxylation is 3. The Morgan fingerprint density at radius 2 is 1.93 bits per heavy atom. The van der Waals surface area contributed by atoms with E-state index in [4.69, 9.17) is 9.47 Å². The first-order chi connectivity index (χ1) is 14.5. The maximum absolute atomic E-state index is 12.9. The van der Waals surface area contributed by atoms with Crippen LogP contribution in [0, 0.1) is 6.92 Å². The highest BCUT2D eigenvalue weighted by molar-refractivity contribution is 5.95. The number of nitrogens with zero attached hydrogens (tertiary/aromatic N) is 2. The Kier molecular flexibility index (Phi) is 6.90. The van der Waals surface area contributed by atoms with Crippen molar-refractivity contribution in [3.8, 4) is 11.5 Å². The molecular formula is C22H26N4O4. The molecule has 0 saturated carbocycles. The van der Waals surface area contributed by atoms with Crippen molar-refractivity contribution in [3.63, 3.8) is 0 Å². The maximum Gasteiger partial charge on any atom is 0.263 e. The number of hydrogen-bond donors (Lipinski definition) is 2. The van der Waals surface area contributed by atoms with Crippen LogP contribution in [0.4, 0.5) is 0 Å². The first-order valence-electron chi connectivity index (χ1n) is 9.70. The van der Waals surface area contributed by atoms with Gasteiger partial charge in [-0.3, -0.25) is 14.7 Å². The summed E-state index contributed by atoms with van der Waals surface area (Å²) in [5.41, 5.74) is 2.54. The monoisotopic (exact) mass is 410 g/mol. The normalized spacial score (nSPS) is 10.6. The summed E-state index contributed by atoms with van der Waals surface area (Å²) in [6.07, 6.45) is 6.47. The molecule has 1 amide bonds. The Balaban J connectivity index is 1.69. The molecule has 3 aromatic rings. The van der Waals surface area contributed by atoms with Gasteiger partial charge in [0.2, 0.25) is 0 Å². The van der Waals surface area contributed by atoms with Gasteiger partial charge in [-0.2, -0.15) is 5.10 Å². The van der Waals surface area contributed by atoms with Gasteiger partial charge in [-0.15, -0.1) is 0 Å². The van der Waals surface area contributed by atoms with Crippen LogP contribution >= 0.6 is 0 Å². The van der Waals surface area contributed by atoms with Gasteiger partial charge in [0.05, 0.1) is 20.4 Å². The SMILES string of the molecule is COc1ccc(CCn2ccc(C)c(C(=O)NCCc3cn[nH]c3)c2=O)cc1OC. The van der Waals surface area contributed by atoms with Crippen LogP contribution in [0.25, 0.3) is 0 Å². The summed E-state index contributed by atoms with van der Waals surface area (Å²) >= 11 is 0. The fourth-order valence-electron chi connectivity index (χ4n) is 3.23. The molecule has 0 saturated heterocycles. The van der Waals surface area contributed by atoms with Gasteiger partial charge in [-0.05, 0) is 54.7 Å². The molecule has 158 valence electrons. The topological polar surface area (TPSA) is 98.2 Å². The zero-order chi connectivity index (χ0) is 21.5. The molecule has 0 atom stereocenters. The molecule has 1 aromatic carbocycles. The van der Waals surface area contributed by atoms with Crippen molar-refractivity contribution in [2.45, 2.75) is 26.3 Å². The predicted octanol–water partition coefficient (Wildman–Crippen LogP) is 2.11. The van der Waals surface area contributed by atoms with E-state index in [1.54, 1.807) is 50.4 Å². The molecule has 8 heteroatoms. The molecule has 0 aliphatic rings. The quantitative estimate of drug-likeness (QED) is 0.563. The first-order valence-corrected chi connectivity index (χ1v) is 9.70. The number of nitrogens with one attached hydrogen (secondary N) is 2. The Bertz CT molecular complexity index is 1060. The van der Waals surface area contributed by atoms with E-state index in [0.29, 0.717) is 43.0 Å². The van der Waals surface area contributed by atoms with Crippen molar-refractivity contribution in [3.05, 3.63) is 75.5 Å². The molecule has 0 bridgehead atoms. The highest BCUT2D eigenvalue weighted by Crippen LogP contribution is 2.27. The van der Waals surface area contributed by atoms with Crippen molar-refractivity contribution in [2.24, 2.45) is 0 Å². The number of rotatable bonds is 9. The van der Waals surface area contributed by atoms with Crippen LogP contribution in [0.1, 0.15) is 27.0 Å². The van der Waals surface area contributed by atoms with Gasteiger partial charge >= 0.3 is 0 Å². The lowest BCUT2D eigenvalue weighted by atomic mass is 10.1. The van der Waals surface area contributed by atoms with Crippen LogP contribution in [-0.2, 0) is 19.4 Å². The summed E-state index contributed by atoms with van der Waals surface area (Å²) in [5, 5.41) is 9.44. The van der Waals surface area contributed by atoms with E-state index >= 15 is 0 Å². The van der Waals surface area contributed by atoms with Crippen molar-refractivity contribution < 1.29 is 14.3 Å². The molecule has 0 aliphatic heterocycles. The highest BCUT2D eigenvalue weighted by Gasteiger charge is 2.15. The zero-order valence-electron chi connectivity index (χ0n) is 17.4. The van der Waals surface area contributed by atoms with Gasteiger partial charge in [0, 0.05) is 25.5 Å². The number of aromatic amines is 1. The van der Waals surface area contributed by atoms with Crippen LogP contribution in [0.2, 0.25) is 0 Å². The maximum atomic E-state index is 12.9. The molecule has 0 unspecified atom stereocenters. The van der Waals surface area contributed by atoms with Crippen LogP contribution in [0.15, 0.2) is 47.7 Å². The average molecular weight is 410 g/mol. The summed E-state index contributed by atoms with van der Waals surface area (Å²) in [6, 6.07) is 7.46. The fraction of sp³-hybridized carbons (Fsp3) is 0.318. The van der Waals surface area contributed by atoms with Gasteiger partial charge < -0.3 is 19.4 Å². The van der Waals surface area contributed by atoms with E-state index in [0.717, 1.165) is 11.1 Å². The summed E-state index contributed by atoms with van der Waals surface area (Å²) in [7, 11) is 3.18. The number of H-pyrrole nitrogens is 1. The van der Waals surface area contributed by atoms with E-state index in [1.165, 1.54) is 0 Å². The molecule has 3 rings (SSSR count). The van der Waals surface area contributed by atoms with Gasteiger partial charge in [0.25, 0.3) is 11.5 Å². The third kappa shape index (κ3) is 4.89. The lowest BCUT2D eigenvalue weighted by molar-refractivity contribution is 0.0951. The number of pyridine rings is 1. The third-order valence-corrected chi connectivity index (χ3v) is 4.94. The van der Waals surface area contributed by atoms with Gasteiger partial charge in [-0.25, -0.2) is 0 Å². The standard InChI is InChI=1S/C22H26N4O4/c1-15-7-10-26(11-8-16-4-5-18(29-2)19(12-16)30-3)22(28)20(15)21(27)23-9-6-17-13-24-25-14-17/h4-5,7,10,12-14H,6,8-9,11H2,1-3H3,(H,23,27)(H,24,25). The molecule has 0 aliphatic carbocycles. The number of carbonyl (C=O) groups is 1. The molecule has 2 N–H and O–H groups in total. The number of ether oxygens (including phenoxy) is 2. The number of benzene rings is 1. The van der Waals surface area contributed by atoms with E-state index in [9.17, 15) is 9.59 Å².